The van der Waals surface area contributed by atoms with Crippen LogP contribution in [0.4, 0.5) is 5.13 Å². The highest BCUT2D eigenvalue weighted by molar-refractivity contribution is 7.92. The standard InChI is InChI=1S/C25H33N5O6S2/c1-16-13-29(10-11-30(16)18(3)32)14-20-12-26-25(37-20)27-24(33)23(28-36-17(2)15-31)19-4-6-21(7-5-19)38(34,35)22-8-9-22/h4-7,12,16-17,22,31H,8-11,13-15H2,1-3H3,(H,26,27,33)/b28-23+/t16-,17+/m0/s1. The maximum atomic E-state index is 13.2. The van der Waals surface area contributed by atoms with E-state index in [9.17, 15) is 23.1 Å². The van der Waals surface area contributed by atoms with E-state index in [-0.39, 0.29) is 34.4 Å². The summed E-state index contributed by atoms with van der Waals surface area (Å²) in [6.45, 7) is 7.77. The van der Waals surface area contributed by atoms with E-state index in [0.717, 1.165) is 18.0 Å². The van der Waals surface area contributed by atoms with Crippen molar-refractivity contribution in [3.05, 3.63) is 40.9 Å². The van der Waals surface area contributed by atoms with Crippen molar-refractivity contribution in [2.45, 2.75) is 62.4 Å². The zero-order chi connectivity index (χ0) is 27.4. The van der Waals surface area contributed by atoms with E-state index >= 15 is 0 Å². The van der Waals surface area contributed by atoms with Gasteiger partial charge in [0.2, 0.25) is 5.91 Å². The Labute approximate surface area is 226 Å². The number of rotatable bonds is 10. The van der Waals surface area contributed by atoms with Crippen LogP contribution < -0.4 is 5.32 Å². The van der Waals surface area contributed by atoms with E-state index in [1.54, 1.807) is 20.0 Å². The quantitative estimate of drug-likeness (QED) is 0.330. The number of oxime groups is 1. The average Bonchev–Trinajstić information content (AvgIpc) is 3.66. The molecule has 2 heterocycles. The second-order valence-corrected chi connectivity index (χ2v) is 13.0. The molecular formula is C25H33N5O6S2. The first-order valence-corrected chi connectivity index (χ1v) is 14.9. The number of amides is 2. The van der Waals surface area contributed by atoms with E-state index in [1.807, 2.05) is 11.8 Å². The molecular weight excluding hydrogens is 530 g/mol. The number of nitrogens with zero attached hydrogens (tertiary/aromatic N) is 4. The highest BCUT2D eigenvalue weighted by Gasteiger charge is 2.37. The van der Waals surface area contributed by atoms with Gasteiger partial charge in [-0.2, -0.15) is 0 Å². The van der Waals surface area contributed by atoms with Crippen LogP contribution >= 0.6 is 11.3 Å². The van der Waals surface area contributed by atoms with Gasteiger partial charge in [0.1, 0.15) is 6.10 Å². The molecule has 38 heavy (non-hydrogen) atoms. The Bertz CT molecular complexity index is 1290. The minimum atomic E-state index is -3.36. The molecule has 4 rings (SSSR count). The van der Waals surface area contributed by atoms with Crippen LogP contribution in [0.15, 0.2) is 40.5 Å². The summed E-state index contributed by atoms with van der Waals surface area (Å²) >= 11 is 1.34. The number of aliphatic hydroxyl groups excluding tert-OH is 1. The van der Waals surface area contributed by atoms with Gasteiger partial charge in [0.25, 0.3) is 5.91 Å². The highest BCUT2D eigenvalue weighted by atomic mass is 32.2. The molecule has 0 unspecified atom stereocenters. The van der Waals surface area contributed by atoms with Crippen LogP contribution in [0, 0.1) is 0 Å². The first kappa shape index (κ1) is 28.1. The van der Waals surface area contributed by atoms with Gasteiger partial charge in [0, 0.05) is 55.8 Å². The van der Waals surface area contributed by atoms with E-state index in [4.69, 9.17) is 4.84 Å². The van der Waals surface area contributed by atoms with Gasteiger partial charge in [-0.1, -0.05) is 17.3 Å². The number of hydrogen-bond donors (Lipinski definition) is 2. The van der Waals surface area contributed by atoms with Crippen LogP contribution in [-0.4, -0.2) is 89.5 Å². The number of aromatic nitrogens is 1. The number of piperazine rings is 1. The molecule has 2 atom stereocenters. The lowest BCUT2D eigenvalue weighted by Crippen LogP contribution is -2.52. The van der Waals surface area contributed by atoms with Crippen molar-refractivity contribution in [1.82, 2.24) is 14.8 Å². The van der Waals surface area contributed by atoms with Crippen LogP contribution in [0.1, 0.15) is 44.1 Å². The lowest BCUT2D eigenvalue weighted by molar-refractivity contribution is -0.133. The normalized spacial score (nSPS) is 19.7. The average molecular weight is 564 g/mol. The summed E-state index contributed by atoms with van der Waals surface area (Å²) in [5.41, 5.74) is 0.308. The molecule has 2 fully saturated rings. The van der Waals surface area contributed by atoms with Gasteiger partial charge in [-0.15, -0.1) is 11.3 Å². The minimum absolute atomic E-state index is 0.0633. The summed E-state index contributed by atoms with van der Waals surface area (Å²) in [6, 6.07) is 6.11. The van der Waals surface area contributed by atoms with Gasteiger partial charge >= 0.3 is 0 Å². The summed E-state index contributed by atoms with van der Waals surface area (Å²) in [6.07, 6.45) is 2.40. The van der Waals surface area contributed by atoms with E-state index in [0.29, 0.717) is 36.6 Å². The summed E-state index contributed by atoms with van der Waals surface area (Å²) in [5.74, 6) is -0.494. The van der Waals surface area contributed by atoms with E-state index in [2.05, 4.69) is 20.4 Å². The molecule has 13 heteroatoms. The molecule has 0 spiro atoms. The number of nitrogens with one attached hydrogen (secondary N) is 1. The lowest BCUT2D eigenvalue weighted by atomic mass is 10.1. The Morgan fingerprint density at radius 2 is 1.97 bits per heavy atom. The zero-order valence-electron chi connectivity index (χ0n) is 21.7. The van der Waals surface area contributed by atoms with Crippen molar-refractivity contribution in [2.24, 2.45) is 5.16 Å². The minimum Gasteiger partial charge on any atom is -0.392 e. The van der Waals surface area contributed by atoms with Crippen molar-refractivity contribution in [1.29, 1.82) is 0 Å². The Kier molecular flexibility index (Phi) is 8.81. The van der Waals surface area contributed by atoms with Crippen LogP contribution in [0.2, 0.25) is 0 Å². The number of sulfone groups is 1. The molecule has 0 bridgehead atoms. The van der Waals surface area contributed by atoms with Crippen molar-refractivity contribution in [2.75, 3.05) is 31.6 Å². The van der Waals surface area contributed by atoms with Gasteiger partial charge < -0.3 is 14.8 Å². The summed E-state index contributed by atoms with van der Waals surface area (Å²) in [7, 11) is -3.36. The van der Waals surface area contributed by atoms with Gasteiger partial charge in [0.05, 0.1) is 16.8 Å². The molecule has 11 nitrogen and oxygen atoms in total. The van der Waals surface area contributed by atoms with Crippen LogP contribution in [-0.2, 0) is 30.8 Å². The zero-order valence-corrected chi connectivity index (χ0v) is 23.3. The molecule has 2 N–H and O–H groups in total. The Balaban J connectivity index is 1.44. The summed E-state index contributed by atoms with van der Waals surface area (Å²) in [5, 5.41) is 16.0. The fourth-order valence-electron chi connectivity index (χ4n) is 4.23. The van der Waals surface area contributed by atoms with Crippen molar-refractivity contribution < 1.29 is 28.0 Å². The number of carbonyl (C=O) groups is 2. The summed E-state index contributed by atoms with van der Waals surface area (Å²) in [4.78, 5) is 39.8. The molecule has 1 aliphatic heterocycles. The fourth-order valence-corrected chi connectivity index (χ4v) is 6.74. The van der Waals surface area contributed by atoms with Gasteiger partial charge in [0.15, 0.2) is 20.7 Å². The van der Waals surface area contributed by atoms with Crippen molar-refractivity contribution in [3.63, 3.8) is 0 Å². The third-order valence-corrected chi connectivity index (χ3v) is 9.66. The number of aliphatic hydroxyl groups is 1. The second kappa shape index (κ2) is 11.9. The maximum absolute atomic E-state index is 13.2. The third-order valence-electron chi connectivity index (χ3n) is 6.49. The van der Waals surface area contributed by atoms with Crippen molar-refractivity contribution in [3.8, 4) is 0 Å². The van der Waals surface area contributed by atoms with Crippen LogP contribution in [0.25, 0.3) is 0 Å². The Morgan fingerprint density at radius 3 is 2.58 bits per heavy atom. The predicted molar refractivity (Wildman–Crippen MR) is 144 cm³/mol. The molecule has 2 aromatic rings. The number of benzene rings is 1. The highest BCUT2D eigenvalue weighted by Crippen LogP contribution is 2.33. The first-order chi connectivity index (χ1) is 18.1. The second-order valence-electron chi connectivity index (χ2n) is 9.69. The van der Waals surface area contributed by atoms with Crippen LogP contribution in [0.5, 0.6) is 0 Å². The molecule has 1 saturated heterocycles. The largest absolute Gasteiger partial charge is 0.392 e. The molecule has 206 valence electrons. The van der Waals surface area contributed by atoms with Gasteiger partial charge in [-0.25, -0.2) is 13.4 Å². The topological polar surface area (TPSA) is 142 Å². The van der Waals surface area contributed by atoms with E-state index in [1.165, 1.54) is 35.6 Å². The molecule has 1 aromatic heterocycles. The third kappa shape index (κ3) is 6.76. The molecule has 0 radical (unpaired) electrons. The number of hydrogen-bond acceptors (Lipinski definition) is 10. The predicted octanol–water partition coefficient (Wildman–Crippen LogP) is 1.87. The molecule has 1 aromatic carbocycles. The first-order valence-electron chi connectivity index (χ1n) is 12.5. The monoisotopic (exact) mass is 563 g/mol. The smallest absolute Gasteiger partial charge is 0.280 e. The van der Waals surface area contributed by atoms with Crippen molar-refractivity contribution >= 4 is 43.8 Å². The number of carbonyl (C=O) groups excluding carboxylic acids is 2. The van der Waals surface area contributed by atoms with Gasteiger partial charge in [-0.3, -0.25) is 19.8 Å². The molecule has 1 aliphatic carbocycles. The number of thiazole rings is 1. The van der Waals surface area contributed by atoms with Gasteiger partial charge in [-0.05, 0) is 38.8 Å². The Morgan fingerprint density at radius 1 is 1.26 bits per heavy atom. The maximum Gasteiger partial charge on any atom is 0.280 e. The summed E-state index contributed by atoms with van der Waals surface area (Å²) < 4.78 is 25.0. The SMILES string of the molecule is CC(=O)N1CCN(Cc2cnc(NC(=O)/C(=N/O[C@H](C)CO)c3ccc(S(=O)(=O)C4CC4)cc3)s2)C[C@@H]1C. The van der Waals surface area contributed by atoms with Crippen LogP contribution in [0.3, 0.4) is 0 Å². The molecule has 1 saturated carbocycles. The molecule has 2 amide bonds. The number of anilines is 1. The van der Waals surface area contributed by atoms with E-state index < -0.39 is 21.8 Å². The Hall–Kier alpha value is -2.87. The lowest BCUT2D eigenvalue weighted by Gasteiger charge is -2.39. The molecule has 2 aliphatic rings. The fraction of sp³-hybridized carbons (Fsp3) is 0.520.